The molecule has 0 radical (unpaired) electrons. The van der Waals surface area contributed by atoms with Crippen LogP contribution in [0, 0.1) is 11.6 Å². The summed E-state index contributed by atoms with van der Waals surface area (Å²) in [5, 5.41) is 0. The fourth-order valence-electron chi connectivity index (χ4n) is 2.17. The summed E-state index contributed by atoms with van der Waals surface area (Å²) in [6.45, 7) is 1.10. The van der Waals surface area contributed by atoms with Gasteiger partial charge < -0.3 is 9.47 Å². The van der Waals surface area contributed by atoms with Crippen LogP contribution in [0.2, 0.25) is 0 Å². The number of amides is 1. The Kier molecular flexibility index (Phi) is 4.58. The molecule has 0 aliphatic heterocycles. The third-order valence-corrected chi connectivity index (χ3v) is 3.26. The molecular weight excluding hydrogens is 321 g/mol. The lowest BCUT2D eigenvalue weighted by atomic mass is 10.2. The third-order valence-electron chi connectivity index (χ3n) is 3.26. The maximum Gasteiger partial charge on any atom is 0.406 e. The zero-order valence-corrected chi connectivity index (χ0v) is 12.4. The van der Waals surface area contributed by atoms with Crippen molar-refractivity contribution < 1.29 is 26.7 Å². The molecule has 0 spiro atoms. The monoisotopic (exact) mass is 335 g/mol. The topological polar surface area (TPSA) is 38.1 Å². The first-order valence-corrected chi connectivity index (χ1v) is 6.74. The molecule has 1 aromatic heterocycles. The van der Waals surface area contributed by atoms with Crippen LogP contribution in [-0.2, 0) is 11.3 Å². The minimum atomic E-state index is -4.52. The largest absolute Gasteiger partial charge is 0.406 e. The quantitative estimate of drug-likeness (QED) is 0.805. The average Bonchev–Trinajstić information content (AvgIpc) is 2.78. The van der Waals surface area contributed by atoms with Gasteiger partial charge in [0.25, 0.3) is 0 Å². The van der Waals surface area contributed by atoms with Crippen molar-refractivity contribution in [1.29, 1.82) is 0 Å². The van der Waals surface area contributed by atoms with Crippen LogP contribution in [0.4, 0.5) is 22.0 Å². The van der Waals surface area contributed by atoms with E-state index in [4.69, 9.17) is 0 Å². The molecule has 9 heteroatoms. The second kappa shape index (κ2) is 6.13. The van der Waals surface area contributed by atoms with Gasteiger partial charge in [0.05, 0.1) is 17.4 Å². The van der Waals surface area contributed by atoms with Gasteiger partial charge >= 0.3 is 6.18 Å². The van der Waals surface area contributed by atoms with Crippen LogP contribution >= 0.6 is 0 Å². The summed E-state index contributed by atoms with van der Waals surface area (Å²) in [7, 11) is 0. The molecule has 0 fully saturated rings. The predicted molar refractivity (Wildman–Crippen MR) is 72.6 cm³/mol. The van der Waals surface area contributed by atoms with E-state index in [9.17, 15) is 26.7 Å². The molecule has 1 amide bonds. The van der Waals surface area contributed by atoms with E-state index < -0.39 is 42.8 Å². The van der Waals surface area contributed by atoms with E-state index in [1.807, 2.05) is 0 Å². The van der Waals surface area contributed by atoms with Crippen LogP contribution < -0.4 is 0 Å². The number of imidazole rings is 1. The molecule has 0 N–H and O–H groups in total. The van der Waals surface area contributed by atoms with Gasteiger partial charge in [-0.25, -0.2) is 13.8 Å². The minimum Gasteiger partial charge on any atom is -0.330 e. The van der Waals surface area contributed by atoms with Gasteiger partial charge in [0.2, 0.25) is 5.91 Å². The van der Waals surface area contributed by atoms with E-state index in [-0.39, 0.29) is 11.0 Å². The summed E-state index contributed by atoms with van der Waals surface area (Å²) in [5.41, 5.74) is 0.247. The van der Waals surface area contributed by atoms with Gasteiger partial charge in [0, 0.05) is 18.2 Å². The Morgan fingerprint density at radius 3 is 2.43 bits per heavy atom. The molecule has 126 valence electrons. The predicted octanol–water partition coefficient (Wildman–Crippen LogP) is 3.11. The first-order valence-electron chi connectivity index (χ1n) is 6.74. The molecule has 0 aliphatic rings. The van der Waals surface area contributed by atoms with Crippen molar-refractivity contribution >= 4 is 16.9 Å². The van der Waals surface area contributed by atoms with E-state index in [0.29, 0.717) is 4.90 Å². The zero-order valence-electron chi connectivity index (χ0n) is 12.4. The second-order valence-corrected chi connectivity index (χ2v) is 5.36. The molecule has 0 saturated carbocycles. The SMILES string of the molecule is CC(C)N(CC(F)(F)F)C(=O)Cn1cnc2cc(F)c(F)cc21. The highest BCUT2D eigenvalue weighted by molar-refractivity contribution is 5.81. The number of aromatic nitrogens is 2. The average molecular weight is 335 g/mol. The van der Waals surface area contributed by atoms with Crippen LogP contribution in [0.25, 0.3) is 11.0 Å². The van der Waals surface area contributed by atoms with E-state index >= 15 is 0 Å². The highest BCUT2D eigenvalue weighted by Gasteiger charge is 2.34. The zero-order chi connectivity index (χ0) is 17.4. The Morgan fingerprint density at radius 1 is 1.26 bits per heavy atom. The van der Waals surface area contributed by atoms with Crippen molar-refractivity contribution in [3.8, 4) is 0 Å². The molecule has 1 heterocycles. The summed E-state index contributed by atoms with van der Waals surface area (Å²) >= 11 is 0. The number of carbonyl (C=O) groups is 1. The molecule has 1 aromatic carbocycles. The summed E-state index contributed by atoms with van der Waals surface area (Å²) in [6.07, 6.45) is -3.36. The van der Waals surface area contributed by atoms with Crippen LogP contribution in [0.1, 0.15) is 13.8 Å². The first-order chi connectivity index (χ1) is 10.6. The molecule has 0 atom stereocenters. The van der Waals surface area contributed by atoms with Gasteiger partial charge in [-0.2, -0.15) is 13.2 Å². The Morgan fingerprint density at radius 2 is 1.87 bits per heavy atom. The molecule has 23 heavy (non-hydrogen) atoms. The van der Waals surface area contributed by atoms with Crippen LogP contribution in [0.5, 0.6) is 0 Å². The van der Waals surface area contributed by atoms with Crippen molar-refractivity contribution in [3.63, 3.8) is 0 Å². The highest BCUT2D eigenvalue weighted by atomic mass is 19.4. The summed E-state index contributed by atoms with van der Waals surface area (Å²) < 4.78 is 65.2. The molecule has 0 bridgehead atoms. The molecule has 2 aromatic rings. The smallest absolute Gasteiger partial charge is 0.330 e. The standard InChI is InChI=1S/C14H14F5N3O/c1-8(2)22(6-14(17,18)19)13(23)5-21-7-20-11-3-9(15)10(16)4-12(11)21/h3-4,7-8H,5-6H2,1-2H3. The van der Waals surface area contributed by atoms with E-state index in [0.717, 1.165) is 18.5 Å². The van der Waals surface area contributed by atoms with Crippen molar-refractivity contribution in [1.82, 2.24) is 14.5 Å². The number of hydrogen-bond donors (Lipinski definition) is 0. The maximum absolute atomic E-state index is 13.3. The Hall–Kier alpha value is -2.19. The number of rotatable bonds is 4. The van der Waals surface area contributed by atoms with Crippen molar-refractivity contribution in [2.75, 3.05) is 6.54 Å². The normalized spacial score (nSPS) is 12.2. The second-order valence-electron chi connectivity index (χ2n) is 5.36. The number of nitrogens with zero attached hydrogens (tertiary/aromatic N) is 3. The summed E-state index contributed by atoms with van der Waals surface area (Å²) in [4.78, 5) is 16.6. The Labute approximate surface area is 128 Å². The van der Waals surface area contributed by atoms with Gasteiger partial charge in [0.15, 0.2) is 11.6 Å². The lowest BCUT2D eigenvalue weighted by Gasteiger charge is -2.28. The number of fused-ring (bicyclic) bond motifs is 1. The summed E-state index contributed by atoms with van der Waals surface area (Å²) in [5.74, 6) is -3.00. The van der Waals surface area contributed by atoms with Gasteiger partial charge in [-0.15, -0.1) is 0 Å². The Balaban J connectivity index is 2.26. The van der Waals surface area contributed by atoms with Gasteiger partial charge in [-0.05, 0) is 13.8 Å². The van der Waals surface area contributed by atoms with E-state index in [2.05, 4.69) is 4.98 Å². The van der Waals surface area contributed by atoms with Gasteiger partial charge in [-0.1, -0.05) is 0 Å². The molecular formula is C14H14F5N3O. The lowest BCUT2D eigenvalue weighted by Crippen LogP contribution is -2.44. The molecule has 0 aliphatic carbocycles. The molecule has 0 unspecified atom stereocenters. The number of carbonyl (C=O) groups excluding carboxylic acids is 1. The fourth-order valence-corrected chi connectivity index (χ4v) is 2.17. The van der Waals surface area contributed by atoms with E-state index in [1.54, 1.807) is 0 Å². The maximum atomic E-state index is 13.3. The molecule has 0 saturated heterocycles. The molecule has 4 nitrogen and oxygen atoms in total. The van der Waals surface area contributed by atoms with Crippen molar-refractivity contribution in [3.05, 3.63) is 30.1 Å². The van der Waals surface area contributed by atoms with Crippen LogP contribution in [0.15, 0.2) is 18.5 Å². The molecule has 2 rings (SSSR count). The number of alkyl halides is 3. The van der Waals surface area contributed by atoms with E-state index in [1.165, 1.54) is 18.4 Å². The minimum absolute atomic E-state index is 0.114. The lowest BCUT2D eigenvalue weighted by molar-refractivity contribution is -0.164. The first kappa shape index (κ1) is 17.2. The third kappa shape index (κ3) is 3.96. The van der Waals surface area contributed by atoms with Crippen LogP contribution in [0.3, 0.4) is 0 Å². The number of hydrogen-bond acceptors (Lipinski definition) is 2. The number of halogens is 5. The Bertz CT molecular complexity index is 723. The van der Waals surface area contributed by atoms with Crippen LogP contribution in [-0.4, -0.2) is 39.1 Å². The number of benzene rings is 1. The van der Waals surface area contributed by atoms with Crippen molar-refractivity contribution in [2.24, 2.45) is 0 Å². The summed E-state index contributed by atoms with van der Waals surface area (Å²) in [6, 6.07) is 1.06. The van der Waals surface area contributed by atoms with Crippen molar-refractivity contribution in [2.45, 2.75) is 32.6 Å². The highest BCUT2D eigenvalue weighted by Crippen LogP contribution is 2.20. The fraction of sp³-hybridized carbons (Fsp3) is 0.429. The van der Waals surface area contributed by atoms with Gasteiger partial charge in [-0.3, -0.25) is 4.79 Å². The van der Waals surface area contributed by atoms with Gasteiger partial charge in [0.1, 0.15) is 13.1 Å².